The Balaban J connectivity index is 2.20. The minimum absolute atomic E-state index is 0.0949. The molecule has 4 nitrogen and oxygen atoms in total. The van der Waals surface area contributed by atoms with E-state index in [4.69, 9.17) is 5.73 Å². The molecule has 1 aliphatic heterocycles. The number of hydrogen-bond acceptors (Lipinski definition) is 4. The van der Waals surface area contributed by atoms with Gasteiger partial charge in [-0.3, -0.25) is 4.90 Å². The Morgan fingerprint density at radius 1 is 1.39 bits per heavy atom. The van der Waals surface area contributed by atoms with E-state index < -0.39 is 0 Å². The highest BCUT2D eigenvalue weighted by molar-refractivity contribution is 5.40. The average molecular weight is 250 g/mol. The van der Waals surface area contributed by atoms with Crippen LogP contribution in [-0.2, 0) is 0 Å². The zero-order valence-electron chi connectivity index (χ0n) is 10.8. The zero-order valence-corrected chi connectivity index (χ0v) is 10.8. The van der Waals surface area contributed by atoms with Crippen molar-refractivity contribution < 1.29 is 10.2 Å². The van der Waals surface area contributed by atoms with Crippen LogP contribution in [0.2, 0.25) is 0 Å². The number of rotatable bonds is 3. The Labute approximate surface area is 108 Å². The van der Waals surface area contributed by atoms with E-state index in [9.17, 15) is 10.2 Å². The third kappa shape index (κ3) is 2.60. The highest BCUT2D eigenvalue weighted by Crippen LogP contribution is 2.34. The van der Waals surface area contributed by atoms with Crippen LogP contribution < -0.4 is 5.73 Å². The van der Waals surface area contributed by atoms with Gasteiger partial charge < -0.3 is 15.9 Å². The molecular formula is C14H22N2O2. The fourth-order valence-corrected chi connectivity index (χ4v) is 2.85. The number of nitrogens with zero attached hydrogens (tertiary/aromatic N) is 1. The lowest BCUT2D eigenvalue weighted by Crippen LogP contribution is -2.45. The van der Waals surface area contributed by atoms with E-state index in [1.807, 2.05) is 0 Å². The van der Waals surface area contributed by atoms with Gasteiger partial charge >= 0.3 is 0 Å². The fourth-order valence-electron chi connectivity index (χ4n) is 2.85. The first-order valence-electron chi connectivity index (χ1n) is 6.61. The van der Waals surface area contributed by atoms with Gasteiger partial charge in [-0.25, -0.2) is 0 Å². The maximum atomic E-state index is 9.93. The van der Waals surface area contributed by atoms with Crippen LogP contribution in [0.15, 0.2) is 18.2 Å². The highest BCUT2D eigenvalue weighted by atomic mass is 16.3. The smallest absolute Gasteiger partial charge is 0.124 e. The lowest BCUT2D eigenvalue weighted by Gasteiger charge is -2.39. The number of piperidine rings is 1. The van der Waals surface area contributed by atoms with Gasteiger partial charge in [0, 0.05) is 30.3 Å². The Morgan fingerprint density at radius 3 is 2.83 bits per heavy atom. The first-order chi connectivity index (χ1) is 8.63. The number of nitrogens with two attached hydrogens (primary N) is 1. The van der Waals surface area contributed by atoms with Gasteiger partial charge in [-0.15, -0.1) is 0 Å². The van der Waals surface area contributed by atoms with Crippen molar-refractivity contribution in [2.24, 2.45) is 5.73 Å². The Bertz CT molecular complexity index is 409. The molecule has 0 bridgehead atoms. The van der Waals surface area contributed by atoms with Crippen molar-refractivity contribution in [2.45, 2.75) is 38.3 Å². The predicted molar refractivity (Wildman–Crippen MR) is 71.6 cm³/mol. The molecule has 18 heavy (non-hydrogen) atoms. The van der Waals surface area contributed by atoms with Crippen LogP contribution in [0.5, 0.6) is 11.5 Å². The molecule has 1 fully saturated rings. The summed E-state index contributed by atoms with van der Waals surface area (Å²) in [5.41, 5.74) is 6.68. The van der Waals surface area contributed by atoms with E-state index in [1.54, 1.807) is 12.1 Å². The van der Waals surface area contributed by atoms with E-state index in [-0.39, 0.29) is 17.5 Å². The molecule has 1 heterocycles. The van der Waals surface area contributed by atoms with Gasteiger partial charge in [0.05, 0.1) is 0 Å². The molecule has 1 saturated heterocycles. The van der Waals surface area contributed by atoms with Gasteiger partial charge in [-0.05, 0) is 32.4 Å². The van der Waals surface area contributed by atoms with Crippen molar-refractivity contribution in [3.05, 3.63) is 23.8 Å². The van der Waals surface area contributed by atoms with Crippen molar-refractivity contribution in [1.82, 2.24) is 4.90 Å². The van der Waals surface area contributed by atoms with Gasteiger partial charge in [0.1, 0.15) is 11.5 Å². The molecular weight excluding hydrogens is 228 g/mol. The SMILES string of the molecule is CC(c1ccc(O)cc1O)N1CCCCC1CN. The molecule has 0 aromatic heterocycles. The number of aromatic hydroxyl groups is 2. The van der Waals surface area contributed by atoms with E-state index in [0.717, 1.165) is 18.5 Å². The monoisotopic (exact) mass is 250 g/mol. The highest BCUT2D eigenvalue weighted by Gasteiger charge is 2.27. The summed E-state index contributed by atoms with van der Waals surface area (Å²) in [6, 6.07) is 5.32. The van der Waals surface area contributed by atoms with Crippen LogP contribution in [0, 0.1) is 0 Å². The first-order valence-corrected chi connectivity index (χ1v) is 6.61. The Hall–Kier alpha value is -1.26. The topological polar surface area (TPSA) is 69.7 Å². The summed E-state index contributed by atoms with van der Waals surface area (Å²) in [5, 5.41) is 19.3. The first kappa shape index (κ1) is 13.2. The molecule has 1 aromatic rings. The molecule has 0 spiro atoms. The summed E-state index contributed by atoms with van der Waals surface area (Å²) in [5.74, 6) is 0.251. The summed E-state index contributed by atoms with van der Waals surface area (Å²) in [6.07, 6.45) is 3.53. The van der Waals surface area contributed by atoms with E-state index in [0.29, 0.717) is 12.6 Å². The lowest BCUT2D eigenvalue weighted by molar-refractivity contribution is 0.106. The molecule has 1 aliphatic rings. The molecule has 2 rings (SSSR count). The molecule has 0 saturated carbocycles. The van der Waals surface area contributed by atoms with Crippen LogP contribution in [0.3, 0.4) is 0 Å². The third-order valence-corrected chi connectivity index (χ3v) is 3.91. The zero-order chi connectivity index (χ0) is 13.1. The van der Waals surface area contributed by atoms with Crippen molar-refractivity contribution in [3.8, 4) is 11.5 Å². The quantitative estimate of drug-likeness (QED) is 0.767. The lowest BCUT2D eigenvalue weighted by atomic mass is 9.96. The number of phenolic OH excluding ortho intramolecular Hbond substituents is 2. The Kier molecular flexibility index (Phi) is 4.09. The van der Waals surface area contributed by atoms with Gasteiger partial charge in [0.2, 0.25) is 0 Å². The number of phenols is 2. The second kappa shape index (κ2) is 5.59. The summed E-state index contributed by atoms with van der Waals surface area (Å²) in [7, 11) is 0. The van der Waals surface area contributed by atoms with Crippen LogP contribution in [0.1, 0.15) is 37.8 Å². The van der Waals surface area contributed by atoms with E-state index >= 15 is 0 Å². The molecule has 0 amide bonds. The Morgan fingerprint density at radius 2 is 2.17 bits per heavy atom. The summed E-state index contributed by atoms with van der Waals surface area (Å²) >= 11 is 0. The van der Waals surface area contributed by atoms with Gasteiger partial charge in [0.15, 0.2) is 0 Å². The van der Waals surface area contributed by atoms with E-state index in [1.165, 1.54) is 18.9 Å². The average Bonchev–Trinajstić information content (AvgIpc) is 2.38. The number of hydrogen-bond donors (Lipinski definition) is 3. The molecule has 1 aromatic carbocycles. The fraction of sp³-hybridized carbons (Fsp3) is 0.571. The van der Waals surface area contributed by atoms with Gasteiger partial charge in [0.25, 0.3) is 0 Å². The van der Waals surface area contributed by atoms with Crippen LogP contribution in [0.25, 0.3) is 0 Å². The van der Waals surface area contributed by atoms with Crippen molar-refractivity contribution in [1.29, 1.82) is 0 Å². The van der Waals surface area contributed by atoms with Crippen molar-refractivity contribution >= 4 is 0 Å². The largest absolute Gasteiger partial charge is 0.508 e. The normalized spacial score (nSPS) is 22.9. The maximum Gasteiger partial charge on any atom is 0.124 e. The molecule has 4 heteroatoms. The molecule has 4 N–H and O–H groups in total. The summed E-state index contributed by atoms with van der Waals surface area (Å²) < 4.78 is 0. The van der Waals surface area contributed by atoms with Crippen LogP contribution in [-0.4, -0.2) is 34.2 Å². The summed E-state index contributed by atoms with van der Waals surface area (Å²) in [4.78, 5) is 2.36. The number of likely N-dealkylation sites (tertiary alicyclic amines) is 1. The van der Waals surface area contributed by atoms with Crippen molar-refractivity contribution in [3.63, 3.8) is 0 Å². The minimum atomic E-state index is 0.0949. The second-order valence-electron chi connectivity index (χ2n) is 5.04. The molecule has 0 aliphatic carbocycles. The standard InChI is InChI=1S/C14H22N2O2/c1-10(13-6-5-12(17)8-14(13)18)16-7-3-2-4-11(16)9-15/h5-6,8,10-11,17-18H,2-4,7,9,15H2,1H3. The molecule has 2 atom stereocenters. The maximum absolute atomic E-state index is 9.93. The molecule has 2 unspecified atom stereocenters. The summed E-state index contributed by atoms with van der Waals surface area (Å²) in [6.45, 7) is 3.76. The molecule has 0 radical (unpaired) electrons. The van der Waals surface area contributed by atoms with Crippen molar-refractivity contribution in [2.75, 3.05) is 13.1 Å². The molecule has 100 valence electrons. The minimum Gasteiger partial charge on any atom is -0.508 e. The van der Waals surface area contributed by atoms with Crippen LogP contribution in [0.4, 0.5) is 0 Å². The third-order valence-electron chi connectivity index (χ3n) is 3.91. The van der Waals surface area contributed by atoms with Gasteiger partial charge in [-0.1, -0.05) is 12.5 Å². The predicted octanol–water partition coefficient (Wildman–Crippen LogP) is 1.97. The second-order valence-corrected chi connectivity index (χ2v) is 5.04. The number of benzene rings is 1. The van der Waals surface area contributed by atoms with Crippen LogP contribution >= 0.6 is 0 Å². The van der Waals surface area contributed by atoms with Gasteiger partial charge in [-0.2, -0.15) is 0 Å². The van der Waals surface area contributed by atoms with E-state index in [2.05, 4.69) is 11.8 Å².